The summed E-state index contributed by atoms with van der Waals surface area (Å²) in [6, 6.07) is 10.6. The molecular weight excluding hydrogens is 390 g/mol. The van der Waals surface area contributed by atoms with Crippen molar-refractivity contribution in [2.75, 3.05) is 6.54 Å². The van der Waals surface area contributed by atoms with Crippen LogP contribution in [0, 0.1) is 5.82 Å². The van der Waals surface area contributed by atoms with Gasteiger partial charge in [0.2, 0.25) is 5.91 Å². The lowest BCUT2D eigenvalue weighted by Crippen LogP contribution is -2.24. The number of halogens is 4. The summed E-state index contributed by atoms with van der Waals surface area (Å²) >= 11 is 0. The maximum Gasteiger partial charge on any atom is 0.416 e. The largest absolute Gasteiger partial charge is 0.416 e. The van der Waals surface area contributed by atoms with E-state index in [1.54, 1.807) is 12.1 Å². The molecule has 5 nitrogen and oxygen atoms in total. The van der Waals surface area contributed by atoms with E-state index in [9.17, 15) is 22.4 Å². The molecule has 1 aliphatic heterocycles. The minimum absolute atomic E-state index is 0.0634. The van der Waals surface area contributed by atoms with Crippen molar-refractivity contribution in [1.29, 1.82) is 0 Å². The minimum atomic E-state index is -4.44. The van der Waals surface area contributed by atoms with Crippen molar-refractivity contribution in [2.24, 2.45) is 0 Å². The number of carbonyl (C=O) groups excluding carboxylic acids is 1. The number of benzene rings is 2. The fourth-order valence-electron chi connectivity index (χ4n) is 3.30. The zero-order valence-electron chi connectivity index (χ0n) is 15.0. The van der Waals surface area contributed by atoms with Crippen molar-refractivity contribution in [3.63, 3.8) is 0 Å². The zero-order valence-corrected chi connectivity index (χ0v) is 15.0. The highest BCUT2D eigenvalue weighted by Gasteiger charge is 2.35. The lowest BCUT2D eigenvalue weighted by Gasteiger charge is -2.17. The van der Waals surface area contributed by atoms with Gasteiger partial charge in [0.05, 0.1) is 5.56 Å². The lowest BCUT2D eigenvalue weighted by atomic mass is 10.1. The summed E-state index contributed by atoms with van der Waals surface area (Å²) < 4.78 is 57.2. The molecule has 0 bridgehead atoms. The van der Waals surface area contributed by atoms with Gasteiger partial charge in [-0.3, -0.25) is 4.79 Å². The van der Waals surface area contributed by atoms with Gasteiger partial charge < -0.3 is 9.42 Å². The molecular formula is C20H15F4N3O2. The highest BCUT2D eigenvalue weighted by Crippen LogP contribution is 2.32. The summed E-state index contributed by atoms with van der Waals surface area (Å²) in [4.78, 5) is 18.1. The molecule has 1 aromatic heterocycles. The molecule has 4 rings (SSSR count). The summed E-state index contributed by atoms with van der Waals surface area (Å²) in [6.45, 7) is 0.324. The van der Waals surface area contributed by atoms with Crippen LogP contribution in [0.25, 0.3) is 11.5 Å². The average Bonchev–Trinajstić information content (AvgIpc) is 3.29. The second-order valence-electron chi connectivity index (χ2n) is 6.84. The van der Waals surface area contributed by atoms with Crippen LogP contribution in [0.5, 0.6) is 0 Å². The Hall–Kier alpha value is -3.23. The van der Waals surface area contributed by atoms with E-state index in [2.05, 4.69) is 10.1 Å². The predicted octanol–water partition coefficient (Wildman–Crippen LogP) is 4.41. The van der Waals surface area contributed by atoms with Gasteiger partial charge in [-0.1, -0.05) is 23.4 Å². The molecule has 2 heterocycles. The zero-order chi connectivity index (χ0) is 20.6. The topological polar surface area (TPSA) is 59.2 Å². The molecule has 1 saturated heterocycles. The number of alkyl halides is 3. The molecule has 1 amide bonds. The maximum atomic E-state index is 13.4. The monoisotopic (exact) mass is 405 g/mol. The standard InChI is InChI=1S/C20H15F4N3O2/c21-16-6-2-4-13(8-16)19-25-18(26-29-19)14-9-17(28)27(11-14)10-12-3-1-5-15(7-12)20(22,23)24/h1-8,14H,9-11H2. The van der Waals surface area contributed by atoms with Crippen molar-refractivity contribution in [3.05, 3.63) is 71.3 Å². The van der Waals surface area contributed by atoms with E-state index in [4.69, 9.17) is 4.52 Å². The van der Waals surface area contributed by atoms with Crippen LogP contribution in [0.2, 0.25) is 0 Å². The van der Waals surface area contributed by atoms with Crippen molar-refractivity contribution < 1.29 is 26.9 Å². The first kappa shape index (κ1) is 19.1. The Balaban J connectivity index is 1.48. The van der Waals surface area contributed by atoms with Crippen LogP contribution in [0.3, 0.4) is 0 Å². The second-order valence-corrected chi connectivity index (χ2v) is 6.84. The third kappa shape index (κ3) is 4.13. The number of amides is 1. The SMILES string of the molecule is O=C1CC(c2noc(-c3cccc(F)c3)n2)CN1Cc1cccc(C(F)(F)F)c1. The van der Waals surface area contributed by atoms with Crippen LogP contribution in [0.4, 0.5) is 17.6 Å². The second kappa shape index (κ2) is 7.31. The van der Waals surface area contributed by atoms with Crippen molar-refractivity contribution in [2.45, 2.75) is 25.1 Å². The van der Waals surface area contributed by atoms with Crippen molar-refractivity contribution in [1.82, 2.24) is 15.0 Å². The van der Waals surface area contributed by atoms with E-state index >= 15 is 0 Å². The first-order chi connectivity index (χ1) is 13.8. The Labute approximate surface area is 162 Å². The number of carbonyl (C=O) groups is 1. The van der Waals surface area contributed by atoms with E-state index in [1.807, 2.05) is 0 Å². The van der Waals surface area contributed by atoms with E-state index in [0.29, 0.717) is 17.0 Å². The molecule has 0 aliphatic carbocycles. The number of hydrogen-bond acceptors (Lipinski definition) is 4. The molecule has 1 atom stereocenters. The van der Waals surface area contributed by atoms with Gasteiger partial charge in [0.1, 0.15) is 5.82 Å². The third-order valence-corrected chi connectivity index (χ3v) is 4.72. The molecule has 1 unspecified atom stereocenters. The van der Waals surface area contributed by atoms with Crippen molar-refractivity contribution >= 4 is 5.91 Å². The Morgan fingerprint density at radius 1 is 1.14 bits per heavy atom. The molecule has 2 aromatic carbocycles. The predicted molar refractivity (Wildman–Crippen MR) is 93.9 cm³/mol. The Morgan fingerprint density at radius 2 is 1.93 bits per heavy atom. The number of nitrogens with zero attached hydrogens (tertiary/aromatic N) is 3. The van der Waals surface area contributed by atoms with Gasteiger partial charge in [0.25, 0.3) is 5.89 Å². The van der Waals surface area contributed by atoms with Gasteiger partial charge >= 0.3 is 6.18 Å². The number of rotatable bonds is 4. The fourth-order valence-corrected chi connectivity index (χ4v) is 3.30. The highest BCUT2D eigenvalue weighted by molar-refractivity contribution is 5.79. The quantitative estimate of drug-likeness (QED) is 0.604. The summed E-state index contributed by atoms with van der Waals surface area (Å²) in [5.74, 6) is -0.540. The van der Waals surface area contributed by atoms with Gasteiger partial charge in [0, 0.05) is 31.0 Å². The smallest absolute Gasteiger partial charge is 0.338 e. The van der Waals surface area contributed by atoms with Crippen LogP contribution in [0.15, 0.2) is 53.1 Å². The number of likely N-dealkylation sites (tertiary alicyclic amines) is 1. The highest BCUT2D eigenvalue weighted by atomic mass is 19.4. The summed E-state index contributed by atoms with van der Waals surface area (Å²) in [6.07, 6.45) is -4.31. The molecule has 0 saturated carbocycles. The van der Waals surface area contributed by atoms with Gasteiger partial charge in [-0.05, 0) is 35.9 Å². The van der Waals surface area contributed by atoms with E-state index in [0.717, 1.165) is 12.1 Å². The average molecular weight is 405 g/mol. The van der Waals surface area contributed by atoms with Crippen molar-refractivity contribution in [3.8, 4) is 11.5 Å². The lowest BCUT2D eigenvalue weighted by molar-refractivity contribution is -0.137. The normalized spacial score (nSPS) is 17.2. The van der Waals surface area contributed by atoms with Crippen LogP contribution in [-0.4, -0.2) is 27.5 Å². The number of hydrogen-bond donors (Lipinski definition) is 0. The van der Waals surface area contributed by atoms with Gasteiger partial charge in [0.15, 0.2) is 5.82 Å². The molecule has 0 spiro atoms. The van der Waals surface area contributed by atoms with Crippen LogP contribution >= 0.6 is 0 Å². The molecule has 9 heteroatoms. The maximum absolute atomic E-state index is 13.4. The fraction of sp³-hybridized carbons (Fsp3) is 0.250. The Morgan fingerprint density at radius 3 is 2.69 bits per heavy atom. The Kier molecular flexibility index (Phi) is 4.81. The van der Waals surface area contributed by atoms with Gasteiger partial charge in [-0.2, -0.15) is 18.2 Å². The molecule has 29 heavy (non-hydrogen) atoms. The van der Waals surface area contributed by atoms with E-state index in [1.165, 1.54) is 29.2 Å². The summed E-state index contributed by atoms with van der Waals surface area (Å²) in [5, 5.41) is 3.89. The molecule has 3 aromatic rings. The van der Waals surface area contributed by atoms with Crippen LogP contribution in [0.1, 0.15) is 29.3 Å². The summed E-state index contributed by atoms with van der Waals surface area (Å²) in [5.41, 5.74) is 0.0624. The molecule has 0 N–H and O–H groups in total. The van der Waals surface area contributed by atoms with Gasteiger partial charge in [-0.15, -0.1) is 0 Å². The molecule has 1 fully saturated rings. The minimum Gasteiger partial charge on any atom is -0.338 e. The van der Waals surface area contributed by atoms with E-state index < -0.39 is 17.6 Å². The van der Waals surface area contributed by atoms with Crippen LogP contribution < -0.4 is 0 Å². The molecule has 0 radical (unpaired) electrons. The Bertz CT molecular complexity index is 1050. The molecule has 150 valence electrons. The number of aromatic nitrogens is 2. The van der Waals surface area contributed by atoms with Crippen LogP contribution in [-0.2, 0) is 17.5 Å². The summed E-state index contributed by atoms with van der Waals surface area (Å²) in [7, 11) is 0. The van der Waals surface area contributed by atoms with Gasteiger partial charge in [-0.25, -0.2) is 4.39 Å². The third-order valence-electron chi connectivity index (χ3n) is 4.72. The molecule has 1 aliphatic rings. The van der Waals surface area contributed by atoms with E-state index in [-0.39, 0.29) is 37.2 Å². The first-order valence-corrected chi connectivity index (χ1v) is 8.83. The first-order valence-electron chi connectivity index (χ1n) is 8.83.